The molecule has 0 heterocycles. The van der Waals surface area contributed by atoms with Gasteiger partial charge in [-0.25, -0.2) is 0 Å². The van der Waals surface area contributed by atoms with Crippen molar-refractivity contribution in [3.8, 4) is 0 Å². The second kappa shape index (κ2) is 5.01. The fraction of sp³-hybridized carbons (Fsp3) is 0.500. The van der Waals surface area contributed by atoms with Crippen LogP contribution in [0.2, 0.25) is 5.02 Å². The standard InChI is InChI=1S/C14H19ClO/c1-10-5-6-11(15)9-12(10)13(16)7-8-14(2,3)4/h5-6,9H,7-8H2,1-4H3. The lowest BCUT2D eigenvalue weighted by molar-refractivity contribution is 0.0965. The van der Waals surface area contributed by atoms with E-state index in [4.69, 9.17) is 11.6 Å². The molecule has 1 nitrogen and oxygen atoms in total. The van der Waals surface area contributed by atoms with Gasteiger partial charge in [-0.1, -0.05) is 38.4 Å². The Morgan fingerprint density at radius 1 is 1.31 bits per heavy atom. The summed E-state index contributed by atoms with van der Waals surface area (Å²) >= 11 is 5.90. The molecule has 0 amide bonds. The molecule has 0 fully saturated rings. The highest BCUT2D eigenvalue weighted by molar-refractivity contribution is 6.31. The fourth-order valence-corrected chi connectivity index (χ4v) is 1.69. The maximum Gasteiger partial charge on any atom is 0.163 e. The molecule has 2 heteroatoms. The molecule has 0 atom stereocenters. The molecule has 0 aliphatic rings. The molecule has 0 aliphatic heterocycles. The van der Waals surface area contributed by atoms with Crippen LogP contribution in [0, 0.1) is 12.3 Å². The monoisotopic (exact) mass is 238 g/mol. The molecule has 0 radical (unpaired) electrons. The third-order valence-corrected chi connectivity index (χ3v) is 2.84. The molecular formula is C14H19ClO. The van der Waals surface area contributed by atoms with Crippen molar-refractivity contribution in [1.29, 1.82) is 0 Å². The van der Waals surface area contributed by atoms with Crippen LogP contribution in [0.25, 0.3) is 0 Å². The minimum atomic E-state index is 0.190. The van der Waals surface area contributed by atoms with Crippen molar-refractivity contribution in [2.45, 2.75) is 40.5 Å². The van der Waals surface area contributed by atoms with Gasteiger partial charge in [0.05, 0.1) is 0 Å². The first-order chi connectivity index (χ1) is 7.29. The van der Waals surface area contributed by atoms with Crippen LogP contribution in [0.3, 0.4) is 0 Å². The number of hydrogen-bond donors (Lipinski definition) is 0. The fourth-order valence-electron chi connectivity index (χ4n) is 1.52. The first-order valence-corrected chi connectivity index (χ1v) is 5.97. The van der Waals surface area contributed by atoms with Gasteiger partial charge in [0.15, 0.2) is 5.78 Å². The van der Waals surface area contributed by atoms with Gasteiger partial charge in [-0.15, -0.1) is 0 Å². The summed E-state index contributed by atoms with van der Waals surface area (Å²) in [4.78, 5) is 12.0. The normalized spacial score (nSPS) is 11.6. The quantitative estimate of drug-likeness (QED) is 0.700. The second-order valence-corrected chi connectivity index (χ2v) is 5.88. The zero-order chi connectivity index (χ0) is 12.3. The van der Waals surface area contributed by atoms with Crippen LogP contribution in [0.1, 0.15) is 49.5 Å². The molecule has 0 N–H and O–H groups in total. The average Bonchev–Trinajstić information content (AvgIpc) is 2.17. The van der Waals surface area contributed by atoms with Crippen LogP contribution < -0.4 is 0 Å². The van der Waals surface area contributed by atoms with E-state index < -0.39 is 0 Å². The zero-order valence-corrected chi connectivity index (χ0v) is 11.2. The van der Waals surface area contributed by atoms with Gasteiger partial charge in [0, 0.05) is 17.0 Å². The van der Waals surface area contributed by atoms with Crippen LogP contribution in [-0.4, -0.2) is 5.78 Å². The van der Waals surface area contributed by atoms with Crippen molar-refractivity contribution in [2.24, 2.45) is 5.41 Å². The Labute approximate surface area is 103 Å². The van der Waals surface area contributed by atoms with E-state index >= 15 is 0 Å². The Kier molecular flexibility index (Phi) is 4.15. The summed E-state index contributed by atoms with van der Waals surface area (Å²) in [6.45, 7) is 8.38. The van der Waals surface area contributed by atoms with Crippen LogP contribution >= 0.6 is 11.6 Å². The number of hydrogen-bond acceptors (Lipinski definition) is 1. The molecule has 1 rings (SSSR count). The van der Waals surface area contributed by atoms with E-state index in [9.17, 15) is 4.79 Å². The largest absolute Gasteiger partial charge is 0.294 e. The Morgan fingerprint density at radius 3 is 2.50 bits per heavy atom. The Hall–Kier alpha value is -0.820. The smallest absolute Gasteiger partial charge is 0.163 e. The summed E-state index contributed by atoms with van der Waals surface area (Å²) in [6.07, 6.45) is 1.49. The van der Waals surface area contributed by atoms with Gasteiger partial charge in [-0.2, -0.15) is 0 Å². The van der Waals surface area contributed by atoms with E-state index in [1.165, 1.54) is 0 Å². The predicted octanol–water partition coefficient (Wildman–Crippen LogP) is 4.66. The van der Waals surface area contributed by atoms with Gasteiger partial charge in [-0.05, 0) is 36.5 Å². The summed E-state index contributed by atoms with van der Waals surface area (Å²) in [5.41, 5.74) is 1.96. The van der Waals surface area contributed by atoms with Crippen LogP contribution in [0.15, 0.2) is 18.2 Å². The summed E-state index contributed by atoms with van der Waals surface area (Å²) < 4.78 is 0. The van der Waals surface area contributed by atoms with Crippen molar-refractivity contribution < 1.29 is 4.79 Å². The molecule has 0 spiro atoms. The lowest BCUT2D eigenvalue weighted by atomic mass is 9.88. The van der Waals surface area contributed by atoms with Gasteiger partial charge >= 0.3 is 0 Å². The minimum Gasteiger partial charge on any atom is -0.294 e. The van der Waals surface area contributed by atoms with Crippen molar-refractivity contribution >= 4 is 17.4 Å². The Balaban J connectivity index is 2.77. The third kappa shape index (κ3) is 3.97. The maximum absolute atomic E-state index is 12.0. The molecular weight excluding hydrogens is 220 g/mol. The SMILES string of the molecule is Cc1ccc(Cl)cc1C(=O)CCC(C)(C)C. The number of benzene rings is 1. The van der Waals surface area contributed by atoms with Gasteiger partial charge < -0.3 is 0 Å². The van der Waals surface area contributed by atoms with Gasteiger partial charge in [-0.3, -0.25) is 4.79 Å². The lowest BCUT2D eigenvalue weighted by Gasteiger charge is -2.17. The molecule has 88 valence electrons. The molecule has 0 aromatic heterocycles. The third-order valence-electron chi connectivity index (χ3n) is 2.60. The van der Waals surface area contributed by atoms with Crippen molar-refractivity contribution in [1.82, 2.24) is 0 Å². The molecule has 0 unspecified atom stereocenters. The highest BCUT2D eigenvalue weighted by atomic mass is 35.5. The Bertz CT molecular complexity index is 388. The van der Waals surface area contributed by atoms with E-state index in [2.05, 4.69) is 20.8 Å². The minimum absolute atomic E-state index is 0.190. The molecule has 1 aromatic carbocycles. The van der Waals surface area contributed by atoms with Crippen LogP contribution in [0.5, 0.6) is 0 Å². The first kappa shape index (κ1) is 13.2. The molecule has 0 saturated carbocycles. The van der Waals surface area contributed by atoms with E-state index in [-0.39, 0.29) is 11.2 Å². The van der Waals surface area contributed by atoms with Crippen LogP contribution in [0.4, 0.5) is 0 Å². The maximum atomic E-state index is 12.0. The lowest BCUT2D eigenvalue weighted by Crippen LogP contribution is -2.10. The van der Waals surface area contributed by atoms with Crippen molar-refractivity contribution in [3.05, 3.63) is 34.3 Å². The van der Waals surface area contributed by atoms with E-state index in [1.54, 1.807) is 6.07 Å². The zero-order valence-electron chi connectivity index (χ0n) is 10.4. The predicted molar refractivity (Wildman–Crippen MR) is 69.2 cm³/mol. The van der Waals surface area contributed by atoms with Crippen molar-refractivity contribution in [2.75, 3.05) is 0 Å². The first-order valence-electron chi connectivity index (χ1n) is 5.59. The van der Waals surface area contributed by atoms with E-state index in [0.717, 1.165) is 17.5 Å². The number of carbonyl (C=O) groups excluding carboxylic acids is 1. The number of halogens is 1. The number of carbonyl (C=O) groups is 1. The molecule has 1 aromatic rings. The highest BCUT2D eigenvalue weighted by Gasteiger charge is 2.15. The molecule has 0 aliphatic carbocycles. The van der Waals surface area contributed by atoms with E-state index in [1.807, 2.05) is 19.1 Å². The van der Waals surface area contributed by atoms with Gasteiger partial charge in [0.25, 0.3) is 0 Å². The second-order valence-electron chi connectivity index (χ2n) is 5.44. The summed E-state index contributed by atoms with van der Waals surface area (Å²) in [5, 5.41) is 0.629. The summed E-state index contributed by atoms with van der Waals surface area (Å²) in [5.74, 6) is 0.190. The Morgan fingerprint density at radius 2 is 1.94 bits per heavy atom. The van der Waals surface area contributed by atoms with E-state index in [0.29, 0.717) is 11.4 Å². The number of aryl methyl sites for hydroxylation is 1. The van der Waals surface area contributed by atoms with Gasteiger partial charge in [0.1, 0.15) is 0 Å². The number of rotatable bonds is 3. The summed E-state index contributed by atoms with van der Waals surface area (Å²) in [6, 6.07) is 5.48. The van der Waals surface area contributed by atoms with Crippen molar-refractivity contribution in [3.63, 3.8) is 0 Å². The highest BCUT2D eigenvalue weighted by Crippen LogP contribution is 2.23. The summed E-state index contributed by atoms with van der Waals surface area (Å²) in [7, 11) is 0. The molecule has 0 bridgehead atoms. The molecule has 0 saturated heterocycles. The number of ketones is 1. The average molecular weight is 239 g/mol. The number of Topliss-reactive ketones (excluding diaryl/α,β-unsaturated/α-hetero) is 1. The molecule has 16 heavy (non-hydrogen) atoms. The van der Waals surface area contributed by atoms with Gasteiger partial charge in [0.2, 0.25) is 0 Å². The van der Waals surface area contributed by atoms with Crippen LogP contribution in [-0.2, 0) is 0 Å². The topological polar surface area (TPSA) is 17.1 Å².